The molecule has 130 valence electrons. The van der Waals surface area contributed by atoms with Crippen molar-refractivity contribution in [3.8, 4) is 5.75 Å². The van der Waals surface area contributed by atoms with Crippen molar-refractivity contribution in [2.75, 3.05) is 6.54 Å². The fourth-order valence-corrected chi connectivity index (χ4v) is 3.24. The van der Waals surface area contributed by atoms with Gasteiger partial charge in [-0.1, -0.05) is 23.7 Å². The minimum absolute atomic E-state index is 0.0925. The molecular weight excluding hydrogens is 358 g/mol. The van der Waals surface area contributed by atoms with Crippen LogP contribution in [0.4, 0.5) is 0 Å². The number of carbonyl (C=O) groups excluding carboxylic acids is 1. The molecule has 1 aromatic carbocycles. The summed E-state index contributed by atoms with van der Waals surface area (Å²) in [5.41, 5.74) is 2.14. The third kappa shape index (κ3) is 5.08. The van der Waals surface area contributed by atoms with Crippen LogP contribution in [0.2, 0.25) is 5.02 Å². The second kappa shape index (κ2) is 8.18. The smallest absolute Gasteiger partial charge is 0.261 e. The number of hydrogen-bond acceptors (Lipinski definition) is 4. The molecule has 25 heavy (non-hydrogen) atoms. The van der Waals surface area contributed by atoms with E-state index in [1.807, 2.05) is 42.6 Å². The highest BCUT2D eigenvalue weighted by molar-refractivity contribution is 7.12. The summed E-state index contributed by atoms with van der Waals surface area (Å²) in [6, 6.07) is 9.76. The maximum atomic E-state index is 12.2. The normalized spacial score (nSPS) is 10.6. The van der Waals surface area contributed by atoms with Gasteiger partial charge in [-0.25, -0.2) is 0 Å². The van der Waals surface area contributed by atoms with Crippen LogP contribution in [-0.2, 0) is 13.2 Å². The Morgan fingerprint density at radius 2 is 2.28 bits per heavy atom. The van der Waals surface area contributed by atoms with Crippen molar-refractivity contribution >= 4 is 28.8 Å². The van der Waals surface area contributed by atoms with Crippen molar-refractivity contribution in [1.82, 2.24) is 15.1 Å². The summed E-state index contributed by atoms with van der Waals surface area (Å²) >= 11 is 7.21. The van der Waals surface area contributed by atoms with Gasteiger partial charge in [0.2, 0.25) is 0 Å². The SMILES string of the molecule is Cc1cccc(OCc2csc(C(=O)NCCn3cc(Cl)cn3)c2)c1. The van der Waals surface area contributed by atoms with Gasteiger partial charge in [-0.05, 0) is 36.1 Å². The molecule has 0 unspecified atom stereocenters. The van der Waals surface area contributed by atoms with Gasteiger partial charge in [-0.3, -0.25) is 9.48 Å². The molecule has 0 aliphatic heterocycles. The first-order valence-corrected chi connectivity index (χ1v) is 9.09. The lowest BCUT2D eigenvalue weighted by molar-refractivity contribution is 0.0956. The van der Waals surface area contributed by atoms with Gasteiger partial charge in [0.1, 0.15) is 12.4 Å². The molecule has 0 aliphatic rings. The lowest BCUT2D eigenvalue weighted by Crippen LogP contribution is -2.26. The van der Waals surface area contributed by atoms with Gasteiger partial charge in [-0.2, -0.15) is 5.10 Å². The van der Waals surface area contributed by atoms with Gasteiger partial charge in [0, 0.05) is 18.3 Å². The Labute approximate surface area is 155 Å². The Morgan fingerprint density at radius 1 is 1.40 bits per heavy atom. The first-order chi connectivity index (χ1) is 12.1. The summed E-state index contributed by atoms with van der Waals surface area (Å²) in [4.78, 5) is 12.8. The highest BCUT2D eigenvalue weighted by Crippen LogP contribution is 2.18. The molecule has 0 fully saturated rings. The molecule has 3 rings (SSSR count). The number of nitrogens with zero attached hydrogens (tertiary/aromatic N) is 2. The Kier molecular flexibility index (Phi) is 5.73. The molecule has 1 amide bonds. The number of thiophene rings is 1. The third-order valence-electron chi connectivity index (χ3n) is 3.50. The van der Waals surface area contributed by atoms with E-state index in [1.165, 1.54) is 11.3 Å². The number of amides is 1. The summed E-state index contributed by atoms with van der Waals surface area (Å²) in [6.45, 7) is 3.53. The minimum Gasteiger partial charge on any atom is -0.489 e. The fourth-order valence-electron chi connectivity index (χ4n) is 2.27. The van der Waals surface area contributed by atoms with Crippen LogP contribution in [0.3, 0.4) is 0 Å². The molecule has 0 saturated carbocycles. The minimum atomic E-state index is -0.0925. The lowest BCUT2D eigenvalue weighted by Gasteiger charge is -2.05. The van der Waals surface area contributed by atoms with Crippen molar-refractivity contribution in [3.63, 3.8) is 0 Å². The number of hydrogen-bond donors (Lipinski definition) is 1. The zero-order valence-electron chi connectivity index (χ0n) is 13.7. The molecule has 7 heteroatoms. The number of aromatic nitrogens is 2. The predicted octanol–water partition coefficient (Wildman–Crippen LogP) is 3.92. The van der Waals surface area contributed by atoms with Crippen molar-refractivity contribution in [1.29, 1.82) is 0 Å². The maximum absolute atomic E-state index is 12.2. The van der Waals surface area contributed by atoms with E-state index in [-0.39, 0.29) is 5.91 Å². The summed E-state index contributed by atoms with van der Waals surface area (Å²) in [7, 11) is 0. The van der Waals surface area contributed by atoms with Crippen LogP contribution in [0.15, 0.2) is 48.1 Å². The van der Waals surface area contributed by atoms with Gasteiger partial charge >= 0.3 is 0 Å². The van der Waals surface area contributed by atoms with Crippen LogP contribution < -0.4 is 10.1 Å². The summed E-state index contributed by atoms with van der Waals surface area (Å²) in [5, 5.41) is 9.47. The number of aryl methyl sites for hydroxylation is 1. The topological polar surface area (TPSA) is 56.1 Å². The van der Waals surface area contributed by atoms with E-state index in [2.05, 4.69) is 10.4 Å². The second-order valence-corrected chi connectivity index (χ2v) is 6.95. The first-order valence-electron chi connectivity index (χ1n) is 7.83. The molecule has 3 aromatic rings. The summed E-state index contributed by atoms with van der Waals surface area (Å²) < 4.78 is 7.45. The van der Waals surface area contributed by atoms with Crippen LogP contribution in [0.1, 0.15) is 20.8 Å². The third-order valence-corrected chi connectivity index (χ3v) is 4.67. The molecule has 2 heterocycles. The Balaban J connectivity index is 1.47. The Hall–Kier alpha value is -2.31. The number of rotatable bonds is 7. The summed E-state index contributed by atoms with van der Waals surface area (Å²) in [5.74, 6) is 0.736. The maximum Gasteiger partial charge on any atom is 0.261 e. The predicted molar refractivity (Wildman–Crippen MR) is 99.4 cm³/mol. The molecule has 1 N–H and O–H groups in total. The van der Waals surface area contributed by atoms with Crippen LogP contribution in [0, 0.1) is 6.92 Å². The van der Waals surface area contributed by atoms with Gasteiger partial charge in [0.15, 0.2) is 0 Å². The van der Waals surface area contributed by atoms with E-state index in [4.69, 9.17) is 16.3 Å². The van der Waals surface area contributed by atoms with Crippen LogP contribution in [-0.4, -0.2) is 22.2 Å². The van der Waals surface area contributed by atoms with Gasteiger partial charge in [0.05, 0.1) is 22.6 Å². The number of ether oxygens (including phenoxy) is 1. The number of benzene rings is 1. The monoisotopic (exact) mass is 375 g/mol. The standard InChI is InChI=1S/C18H18ClN3O2S/c1-13-3-2-4-16(7-13)24-11-14-8-17(25-12-14)18(23)20-5-6-22-10-15(19)9-21-22/h2-4,7-10,12H,5-6,11H2,1H3,(H,20,23). The molecule has 0 atom stereocenters. The van der Waals surface area contributed by atoms with Gasteiger partial charge < -0.3 is 10.1 Å². The molecule has 0 aliphatic carbocycles. The van der Waals surface area contributed by atoms with E-state index in [0.29, 0.717) is 29.6 Å². The molecule has 2 aromatic heterocycles. The summed E-state index contributed by atoms with van der Waals surface area (Å²) in [6.07, 6.45) is 3.29. The van der Waals surface area contributed by atoms with E-state index in [0.717, 1.165) is 16.9 Å². The molecule has 0 radical (unpaired) electrons. The van der Waals surface area contributed by atoms with Crippen molar-refractivity contribution in [3.05, 3.63) is 69.1 Å². The van der Waals surface area contributed by atoms with E-state index in [9.17, 15) is 4.79 Å². The molecule has 5 nitrogen and oxygen atoms in total. The lowest BCUT2D eigenvalue weighted by atomic mass is 10.2. The fraction of sp³-hybridized carbons (Fsp3) is 0.222. The largest absolute Gasteiger partial charge is 0.489 e. The highest BCUT2D eigenvalue weighted by Gasteiger charge is 2.09. The number of nitrogens with one attached hydrogen (secondary N) is 1. The van der Waals surface area contributed by atoms with Crippen LogP contribution >= 0.6 is 22.9 Å². The zero-order valence-corrected chi connectivity index (χ0v) is 15.3. The zero-order chi connectivity index (χ0) is 17.6. The number of halogens is 1. The van der Waals surface area contributed by atoms with Crippen LogP contribution in [0.25, 0.3) is 0 Å². The first kappa shape index (κ1) is 17.5. The molecule has 0 bridgehead atoms. The number of carbonyl (C=O) groups is 1. The molecule has 0 saturated heterocycles. The van der Waals surface area contributed by atoms with Crippen molar-refractivity contribution in [2.45, 2.75) is 20.1 Å². The quantitative estimate of drug-likeness (QED) is 0.681. The van der Waals surface area contributed by atoms with Crippen molar-refractivity contribution < 1.29 is 9.53 Å². The van der Waals surface area contributed by atoms with E-state index >= 15 is 0 Å². The Morgan fingerprint density at radius 3 is 3.04 bits per heavy atom. The molecule has 0 spiro atoms. The highest BCUT2D eigenvalue weighted by atomic mass is 35.5. The Bertz CT molecular complexity index is 859. The van der Waals surface area contributed by atoms with Crippen molar-refractivity contribution in [2.24, 2.45) is 0 Å². The average molecular weight is 376 g/mol. The average Bonchev–Trinajstić information content (AvgIpc) is 3.22. The molecular formula is C18H18ClN3O2S. The van der Waals surface area contributed by atoms with Gasteiger partial charge in [-0.15, -0.1) is 11.3 Å². The van der Waals surface area contributed by atoms with Crippen LogP contribution in [0.5, 0.6) is 5.75 Å². The van der Waals surface area contributed by atoms with E-state index < -0.39 is 0 Å². The van der Waals surface area contributed by atoms with Gasteiger partial charge in [0.25, 0.3) is 5.91 Å². The van der Waals surface area contributed by atoms with E-state index in [1.54, 1.807) is 17.1 Å². The second-order valence-electron chi connectivity index (χ2n) is 5.60.